The number of halogens is 1. The van der Waals surface area contributed by atoms with Crippen LogP contribution in [-0.2, 0) is 18.4 Å². The Morgan fingerprint density at radius 1 is 1.37 bits per heavy atom. The van der Waals surface area contributed by atoms with Crippen molar-refractivity contribution in [1.82, 2.24) is 24.5 Å². The number of aryl methyl sites for hydroxylation is 1. The predicted molar refractivity (Wildman–Crippen MR) is 100 cm³/mol. The van der Waals surface area contributed by atoms with E-state index in [2.05, 4.69) is 20.6 Å². The van der Waals surface area contributed by atoms with Crippen molar-refractivity contribution < 1.29 is 13.9 Å². The third-order valence-corrected chi connectivity index (χ3v) is 4.67. The lowest BCUT2D eigenvalue weighted by Gasteiger charge is -2.07. The van der Waals surface area contributed by atoms with Crippen LogP contribution < -0.4 is 10.1 Å². The zero-order chi connectivity index (χ0) is 19.4. The fraction of sp³-hybridized carbons (Fsp3) is 0.294. The molecule has 0 radical (unpaired) electrons. The lowest BCUT2D eigenvalue weighted by molar-refractivity contribution is -0.113. The summed E-state index contributed by atoms with van der Waals surface area (Å²) in [5, 5.41) is 15.9. The highest BCUT2D eigenvalue weighted by Gasteiger charge is 2.20. The first kappa shape index (κ1) is 18.9. The minimum atomic E-state index is -0.402. The molecule has 0 aliphatic carbocycles. The van der Waals surface area contributed by atoms with Crippen molar-refractivity contribution in [3.8, 4) is 17.3 Å². The summed E-state index contributed by atoms with van der Waals surface area (Å²) < 4.78 is 22.0. The average molecular weight is 390 g/mol. The van der Waals surface area contributed by atoms with Gasteiger partial charge in [0.05, 0.1) is 12.9 Å². The number of hydrogen-bond acceptors (Lipinski definition) is 6. The standard InChI is InChI=1S/C17H19FN6O2S/c1-4-24-15(13-9-23(2)22-16(13)26-3)20-21-17(24)27-10-14(25)19-12-7-5-6-11(18)8-12/h5-9H,4,10H2,1-3H3,(H,19,25). The van der Waals surface area contributed by atoms with Crippen LogP contribution in [0.1, 0.15) is 6.92 Å². The van der Waals surface area contributed by atoms with Crippen LogP contribution in [0.5, 0.6) is 5.88 Å². The SMILES string of the molecule is CCn1c(SCC(=O)Nc2cccc(F)c2)nnc1-c1cn(C)nc1OC. The molecule has 0 aliphatic heterocycles. The fourth-order valence-electron chi connectivity index (χ4n) is 2.55. The van der Waals surface area contributed by atoms with E-state index in [1.807, 2.05) is 11.5 Å². The Morgan fingerprint density at radius 2 is 2.19 bits per heavy atom. The Kier molecular flexibility index (Phi) is 5.75. The molecule has 0 atom stereocenters. The molecule has 0 aliphatic rings. The van der Waals surface area contributed by atoms with Crippen molar-refractivity contribution in [2.24, 2.45) is 7.05 Å². The maximum absolute atomic E-state index is 13.2. The summed E-state index contributed by atoms with van der Waals surface area (Å²) in [6.45, 7) is 2.58. The summed E-state index contributed by atoms with van der Waals surface area (Å²) in [6.07, 6.45) is 1.81. The van der Waals surface area contributed by atoms with E-state index in [1.54, 1.807) is 37.2 Å². The van der Waals surface area contributed by atoms with Gasteiger partial charge in [-0.1, -0.05) is 17.8 Å². The second-order valence-corrected chi connectivity index (χ2v) is 6.57. The Hall–Kier alpha value is -2.88. The van der Waals surface area contributed by atoms with Gasteiger partial charge in [0.2, 0.25) is 11.8 Å². The van der Waals surface area contributed by atoms with Gasteiger partial charge in [0.1, 0.15) is 11.4 Å². The quantitative estimate of drug-likeness (QED) is 0.624. The molecule has 0 spiro atoms. The van der Waals surface area contributed by atoms with Crippen LogP contribution in [-0.4, -0.2) is 43.3 Å². The van der Waals surface area contributed by atoms with Crippen molar-refractivity contribution in [1.29, 1.82) is 0 Å². The maximum Gasteiger partial charge on any atom is 0.243 e. The predicted octanol–water partition coefficient (Wildman–Crippen LogP) is 2.58. The molecule has 142 valence electrons. The molecule has 1 aromatic carbocycles. The summed E-state index contributed by atoms with van der Waals surface area (Å²) in [5.41, 5.74) is 1.14. The van der Waals surface area contributed by atoms with Gasteiger partial charge in [-0.05, 0) is 25.1 Å². The number of carbonyl (C=O) groups excluding carboxylic acids is 1. The monoisotopic (exact) mass is 390 g/mol. The molecule has 0 bridgehead atoms. The van der Waals surface area contributed by atoms with Gasteiger partial charge in [0, 0.05) is 25.5 Å². The van der Waals surface area contributed by atoms with Crippen molar-refractivity contribution >= 4 is 23.4 Å². The van der Waals surface area contributed by atoms with Crippen LogP contribution >= 0.6 is 11.8 Å². The van der Waals surface area contributed by atoms with E-state index >= 15 is 0 Å². The van der Waals surface area contributed by atoms with Crippen LogP contribution in [0, 0.1) is 5.82 Å². The lowest BCUT2D eigenvalue weighted by Crippen LogP contribution is -2.14. The molecule has 2 aromatic heterocycles. The van der Waals surface area contributed by atoms with Gasteiger partial charge in [0.25, 0.3) is 0 Å². The number of aromatic nitrogens is 5. The normalized spacial score (nSPS) is 10.8. The molecule has 2 heterocycles. The summed E-state index contributed by atoms with van der Waals surface area (Å²) >= 11 is 1.25. The molecule has 0 saturated heterocycles. The second kappa shape index (κ2) is 8.21. The zero-order valence-corrected chi connectivity index (χ0v) is 16.0. The van der Waals surface area contributed by atoms with E-state index in [0.717, 1.165) is 5.56 Å². The number of anilines is 1. The van der Waals surface area contributed by atoms with Crippen molar-refractivity contribution in [3.63, 3.8) is 0 Å². The van der Waals surface area contributed by atoms with E-state index < -0.39 is 5.82 Å². The molecule has 0 fully saturated rings. The number of amides is 1. The zero-order valence-electron chi connectivity index (χ0n) is 15.1. The number of thioether (sulfide) groups is 1. The molecular formula is C17H19FN6O2S. The Labute approximate surface area is 159 Å². The van der Waals surface area contributed by atoms with Crippen molar-refractivity contribution in [2.75, 3.05) is 18.2 Å². The van der Waals surface area contributed by atoms with E-state index in [4.69, 9.17) is 4.74 Å². The van der Waals surface area contributed by atoms with E-state index in [0.29, 0.717) is 29.1 Å². The fourth-order valence-corrected chi connectivity index (χ4v) is 3.35. The third-order valence-electron chi connectivity index (χ3n) is 3.70. The highest BCUT2D eigenvalue weighted by Crippen LogP contribution is 2.29. The number of ether oxygens (including phenoxy) is 1. The van der Waals surface area contributed by atoms with Gasteiger partial charge in [-0.25, -0.2) is 4.39 Å². The Morgan fingerprint density at radius 3 is 2.89 bits per heavy atom. The van der Waals surface area contributed by atoms with Crippen LogP contribution in [0.15, 0.2) is 35.6 Å². The molecular weight excluding hydrogens is 371 g/mol. The van der Waals surface area contributed by atoms with Gasteiger partial charge in [-0.15, -0.1) is 15.3 Å². The summed E-state index contributed by atoms with van der Waals surface area (Å²) in [7, 11) is 3.34. The summed E-state index contributed by atoms with van der Waals surface area (Å²) in [4.78, 5) is 12.1. The van der Waals surface area contributed by atoms with E-state index in [1.165, 1.54) is 23.9 Å². The molecule has 3 rings (SSSR count). The first-order valence-corrected chi connectivity index (χ1v) is 9.19. The number of benzene rings is 1. The molecule has 0 saturated carbocycles. The highest BCUT2D eigenvalue weighted by molar-refractivity contribution is 7.99. The first-order valence-electron chi connectivity index (χ1n) is 8.21. The largest absolute Gasteiger partial charge is 0.479 e. The molecule has 10 heteroatoms. The second-order valence-electron chi connectivity index (χ2n) is 5.62. The van der Waals surface area contributed by atoms with Crippen LogP contribution in [0.25, 0.3) is 11.4 Å². The molecule has 27 heavy (non-hydrogen) atoms. The first-order chi connectivity index (χ1) is 13.0. The molecule has 8 nitrogen and oxygen atoms in total. The molecule has 3 aromatic rings. The van der Waals surface area contributed by atoms with Crippen molar-refractivity contribution in [3.05, 3.63) is 36.3 Å². The van der Waals surface area contributed by atoms with Gasteiger partial charge in [0.15, 0.2) is 11.0 Å². The van der Waals surface area contributed by atoms with E-state index in [-0.39, 0.29) is 11.7 Å². The van der Waals surface area contributed by atoms with Gasteiger partial charge in [-0.3, -0.25) is 9.48 Å². The van der Waals surface area contributed by atoms with Gasteiger partial charge >= 0.3 is 0 Å². The highest BCUT2D eigenvalue weighted by atomic mass is 32.2. The van der Waals surface area contributed by atoms with Gasteiger partial charge in [-0.2, -0.15) is 0 Å². The minimum absolute atomic E-state index is 0.124. The Balaban J connectivity index is 1.72. The van der Waals surface area contributed by atoms with E-state index in [9.17, 15) is 9.18 Å². The smallest absolute Gasteiger partial charge is 0.243 e. The molecule has 0 unspecified atom stereocenters. The number of rotatable bonds is 7. The number of nitrogens with one attached hydrogen (secondary N) is 1. The summed E-state index contributed by atoms with van der Waals surface area (Å²) in [5.74, 6) is 0.548. The Bertz CT molecular complexity index is 955. The maximum atomic E-state index is 13.2. The van der Waals surface area contributed by atoms with Crippen LogP contribution in [0.3, 0.4) is 0 Å². The number of hydrogen-bond donors (Lipinski definition) is 1. The number of methoxy groups -OCH3 is 1. The van der Waals surface area contributed by atoms with Gasteiger partial charge < -0.3 is 14.6 Å². The molecule has 1 amide bonds. The van der Waals surface area contributed by atoms with Crippen LogP contribution in [0.2, 0.25) is 0 Å². The molecule has 1 N–H and O–H groups in total. The average Bonchev–Trinajstić information content (AvgIpc) is 3.22. The topological polar surface area (TPSA) is 86.9 Å². The minimum Gasteiger partial charge on any atom is -0.479 e. The summed E-state index contributed by atoms with van der Waals surface area (Å²) in [6, 6.07) is 5.76. The third kappa shape index (κ3) is 4.27. The number of nitrogens with zero attached hydrogens (tertiary/aromatic N) is 5. The van der Waals surface area contributed by atoms with Crippen LogP contribution in [0.4, 0.5) is 10.1 Å². The number of carbonyl (C=O) groups is 1. The lowest BCUT2D eigenvalue weighted by atomic mass is 10.3. The van der Waals surface area contributed by atoms with Crippen molar-refractivity contribution in [2.45, 2.75) is 18.6 Å².